The van der Waals surface area contributed by atoms with E-state index >= 15 is 0 Å². The molecule has 1 N–H and O–H groups in total. The number of amides is 1. The van der Waals surface area contributed by atoms with Crippen molar-refractivity contribution in [2.24, 2.45) is 5.92 Å². The minimum Gasteiger partial charge on any atom is -0.487 e. The van der Waals surface area contributed by atoms with Crippen molar-refractivity contribution in [2.75, 3.05) is 26.7 Å². The molecular weight excluding hydrogens is 440 g/mol. The number of carbonyl (C=O) groups is 1. The zero-order valence-corrected chi connectivity index (χ0v) is 20.2. The topological polar surface area (TPSA) is 87.2 Å². The first-order valence-corrected chi connectivity index (χ1v) is 12.3. The van der Waals surface area contributed by atoms with Crippen molar-refractivity contribution < 1.29 is 23.1 Å². The zero-order valence-electron chi connectivity index (χ0n) is 19.4. The number of hydrogen-bond donors (Lipinski definition) is 1. The smallest absolute Gasteiger partial charge is 0.247 e. The van der Waals surface area contributed by atoms with Gasteiger partial charge in [0.15, 0.2) is 0 Å². The predicted octanol–water partition coefficient (Wildman–Crippen LogP) is 2.33. The van der Waals surface area contributed by atoms with Crippen molar-refractivity contribution >= 4 is 15.9 Å². The lowest BCUT2D eigenvalue weighted by atomic mass is 10.0. The van der Waals surface area contributed by atoms with Gasteiger partial charge in [-0.1, -0.05) is 37.0 Å². The minimum atomic E-state index is -3.92. The van der Waals surface area contributed by atoms with Crippen LogP contribution in [0.2, 0.25) is 0 Å². The lowest BCUT2D eigenvalue weighted by molar-refractivity contribution is -0.129. The molecule has 1 amide bonds. The fourth-order valence-electron chi connectivity index (χ4n) is 3.59. The number of rotatable bonds is 4. The van der Waals surface area contributed by atoms with E-state index in [-0.39, 0.29) is 35.6 Å². The molecule has 176 valence electrons. The highest BCUT2D eigenvalue weighted by Crippen LogP contribution is 2.34. The van der Waals surface area contributed by atoms with Crippen LogP contribution in [0.25, 0.3) is 0 Å². The monoisotopic (exact) mass is 470 g/mol. The fourth-order valence-corrected chi connectivity index (χ4v) is 5.41. The van der Waals surface area contributed by atoms with E-state index in [2.05, 4.69) is 11.8 Å². The third kappa shape index (κ3) is 5.74. The summed E-state index contributed by atoms with van der Waals surface area (Å²) in [7, 11) is -2.23. The molecule has 0 aromatic heterocycles. The quantitative estimate of drug-likeness (QED) is 0.693. The molecule has 0 fully saturated rings. The van der Waals surface area contributed by atoms with E-state index in [4.69, 9.17) is 4.74 Å². The number of ether oxygens (including phenoxy) is 1. The summed E-state index contributed by atoms with van der Waals surface area (Å²) in [6, 6.07) is 13.7. The average Bonchev–Trinajstić information content (AvgIpc) is 2.79. The molecule has 0 saturated heterocycles. The van der Waals surface area contributed by atoms with Gasteiger partial charge in [-0.25, -0.2) is 8.42 Å². The molecule has 0 aliphatic carbocycles. The van der Waals surface area contributed by atoms with Crippen LogP contribution in [0, 0.1) is 17.8 Å². The summed E-state index contributed by atoms with van der Waals surface area (Å²) in [6.45, 7) is 5.19. The van der Waals surface area contributed by atoms with Crippen LogP contribution in [0.4, 0.5) is 0 Å². The number of aliphatic hydroxyl groups excluding tert-OH is 1. The van der Waals surface area contributed by atoms with E-state index < -0.39 is 22.2 Å². The summed E-state index contributed by atoms with van der Waals surface area (Å²) in [6.07, 6.45) is -0.445. The maximum absolute atomic E-state index is 13.5. The molecule has 33 heavy (non-hydrogen) atoms. The molecule has 1 heterocycles. The fraction of sp³-hybridized carbons (Fsp3) is 0.400. The molecule has 2 aromatic rings. The molecule has 0 saturated carbocycles. The number of benzene rings is 2. The Bertz CT molecular complexity index is 1150. The number of hydrogen-bond acceptors (Lipinski definition) is 5. The summed E-state index contributed by atoms with van der Waals surface area (Å²) in [5, 5.41) is 9.71. The normalized spacial score (nSPS) is 20.8. The van der Waals surface area contributed by atoms with Gasteiger partial charge in [-0.15, -0.1) is 0 Å². The summed E-state index contributed by atoms with van der Waals surface area (Å²) >= 11 is 0. The summed E-state index contributed by atoms with van der Waals surface area (Å²) in [5.41, 5.74) is 1.46. The Morgan fingerprint density at radius 3 is 2.52 bits per heavy atom. The van der Waals surface area contributed by atoms with Crippen molar-refractivity contribution in [3.8, 4) is 17.6 Å². The summed E-state index contributed by atoms with van der Waals surface area (Å²) in [4.78, 5) is 13.4. The SMILES string of the molecule is CC(=O)N(C)C[C@H]1Oc2cc(C#Cc3ccccc3)ccc2S(=O)(=O)N([C@H](C)CO)C[C@H]1C. The molecule has 0 radical (unpaired) electrons. The number of nitrogens with zero attached hydrogens (tertiary/aromatic N) is 2. The first-order valence-electron chi connectivity index (χ1n) is 10.9. The molecule has 3 rings (SSSR count). The Morgan fingerprint density at radius 1 is 1.21 bits per heavy atom. The van der Waals surface area contributed by atoms with E-state index in [1.165, 1.54) is 17.3 Å². The number of fused-ring (bicyclic) bond motifs is 1. The Kier molecular flexibility index (Phi) is 7.80. The number of likely N-dealkylation sites (N-methyl/N-ethyl adjacent to an activating group) is 1. The highest BCUT2D eigenvalue weighted by molar-refractivity contribution is 7.89. The molecule has 1 aliphatic heterocycles. The Hall–Kier alpha value is -2.86. The predicted molar refractivity (Wildman–Crippen MR) is 126 cm³/mol. The van der Waals surface area contributed by atoms with Gasteiger partial charge in [-0.3, -0.25) is 4.79 Å². The third-order valence-corrected chi connectivity index (χ3v) is 7.80. The van der Waals surface area contributed by atoms with Gasteiger partial charge in [0.1, 0.15) is 16.7 Å². The van der Waals surface area contributed by atoms with Crippen molar-refractivity contribution in [1.29, 1.82) is 0 Å². The second-order valence-electron chi connectivity index (χ2n) is 8.42. The van der Waals surface area contributed by atoms with Crippen LogP contribution in [-0.2, 0) is 14.8 Å². The van der Waals surface area contributed by atoms with Crippen molar-refractivity contribution in [1.82, 2.24) is 9.21 Å². The summed E-state index contributed by atoms with van der Waals surface area (Å²) in [5.74, 6) is 5.98. The number of aliphatic hydroxyl groups is 1. The van der Waals surface area contributed by atoms with Crippen LogP contribution in [0.3, 0.4) is 0 Å². The Balaban J connectivity index is 2.08. The van der Waals surface area contributed by atoms with Crippen LogP contribution in [0.5, 0.6) is 5.75 Å². The highest BCUT2D eigenvalue weighted by Gasteiger charge is 2.38. The van der Waals surface area contributed by atoms with Crippen molar-refractivity contribution in [3.05, 3.63) is 59.7 Å². The number of sulfonamides is 1. The zero-order chi connectivity index (χ0) is 24.2. The van der Waals surface area contributed by atoms with Gasteiger partial charge >= 0.3 is 0 Å². The Morgan fingerprint density at radius 2 is 1.88 bits per heavy atom. The lowest BCUT2D eigenvalue weighted by Crippen LogP contribution is -2.50. The van der Waals surface area contributed by atoms with E-state index in [1.807, 2.05) is 37.3 Å². The molecule has 7 nitrogen and oxygen atoms in total. The first-order chi connectivity index (χ1) is 15.6. The van der Waals surface area contributed by atoms with Crippen molar-refractivity contribution in [3.63, 3.8) is 0 Å². The van der Waals surface area contributed by atoms with Crippen LogP contribution in [0.15, 0.2) is 53.4 Å². The molecule has 1 aliphatic rings. The van der Waals surface area contributed by atoms with Gasteiger partial charge < -0.3 is 14.7 Å². The molecule has 0 spiro atoms. The second kappa shape index (κ2) is 10.4. The van der Waals surface area contributed by atoms with Gasteiger partial charge in [0.05, 0.1) is 13.2 Å². The van der Waals surface area contributed by atoms with Crippen LogP contribution in [0.1, 0.15) is 31.9 Å². The largest absolute Gasteiger partial charge is 0.487 e. The van der Waals surface area contributed by atoms with Crippen LogP contribution in [-0.4, -0.2) is 67.5 Å². The highest BCUT2D eigenvalue weighted by atomic mass is 32.2. The van der Waals surface area contributed by atoms with Gasteiger partial charge in [0.25, 0.3) is 0 Å². The van der Waals surface area contributed by atoms with E-state index in [0.717, 1.165) is 5.56 Å². The molecule has 0 unspecified atom stereocenters. The minimum absolute atomic E-state index is 0.0236. The first kappa shape index (κ1) is 24.8. The van der Waals surface area contributed by atoms with Gasteiger partial charge in [0, 0.05) is 43.6 Å². The van der Waals surface area contributed by atoms with Gasteiger partial charge in [-0.05, 0) is 37.3 Å². The van der Waals surface area contributed by atoms with E-state index in [0.29, 0.717) is 12.1 Å². The Labute approximate surface area is 196 Å². The van der Waals surface area contributed by atoms with Crippen molar-refractivity contribution in [2.45, 2.75) is 37.8 Å². The van der Waals surface area contributed by atoms with E-state index in [9.17, 15) is 18.3 Å². The lowest BCUT2D eigenvalue weighted by Gasteiger charge is -2.37. The molecule has 3 atom stereocenters. The molecule has 0 bridgehead atoms. The second-order valence-corrected chi connectivity index (χ2v) is 10.3. The maximum Gasteiger partial charge on any atom is 0.247 e. The standard InChI is InChI=1S/C25H30N2O5S/c1-18-15-27(19(2)17-28)33(30,31)25-13-12-22(11-10-21-8-6-5-7-9-21)14-23(25)32-24(18)16-26(4)20(3)29/h5-9,12-14,18-19,24,28H,15-17H2,1-4H3/t18-,19-,24-/m1/s1. The number of carbonyl (C=O) groups excluding carboxylic acids is 1. The summed E-state index contributed by atoms with van der Waals surface area (Å²) < 4.78 is 34.5. The van der Waals surface area contributed by atoms with Gasteiger partial charge in [0.2, 0.25) is 15.9 Å². The molecule has 2 aromatic carbocycles. The molecule has 8 heteroatoms. The van der Waals surface area contributed by atoms with Crippen LogP contribution >= 0.6 is 0 Å². The van der Waals surface area contributed by atoms with Crippen LogP contribution < -0.4 is 4.74 Å². The van der Waals surface area contributed by atoms with E-state index in [1.54, 1.807) is 31.0 Å². The third-order valence-electron chi connectivity index (χ3n) is 5.78. The van der Waals surface area contributed by atoms with Gasteiger partial charge in [-0.2, -0.15) is 4.31 Å². The average molecular weight is 471 g/mol. The molecular formula is C25H30N2O5S. The maximum atomic E-state index is 13.5.